The first-order valence-corrected chi connectivity index (χ1v) is 9.33. The molecule has 1 saturated heterocycles. The topological polar surface area (TPSA) is 65.0 Å². The lowest BCUT2D eigenvalue weighted by molar-refractivity contribution is -0.151. The van der Waals surface area contributed by atoms with Gasteiger partial charge in [-0.3, -0.25) is 19.8 Å². The van der Waals surface area contributed by atoms with Crippen molar-refractivity contribution in [3.05, 3.63) is 29.8 Å². The molecule has 0 aliphatic carbocycles. The monoisotopic (exact) mass is 396 g/mol. The molecule has 2 aliphatic rings. The van der Waals surface area contributed by atoms with Crippen LogP contribution in [-0.4, -0.2) is 36.0 Å². The van der Waals surface area contributed by atoms with Crippen LogP contribution in [0, 0.1) is 5.41 Å². The third-order valence-corrected chi connectivity index (χ3v) is 5.39. The number of amides is 2. The van der Waals surface area contributed by atoms with Crippen molar-refractivity contribution in [2.45, 2.75) is 45.7 Å². The molecular formula is C19H23F3N4O2. The van der Waals surface area contributed by atoms with E-state index < -0.39 is 17.2 Å². The predicted molar refractivity (Wildman–Crippen MR) is 98.3 cm³/mol. The van der Waals surface area contributed by atoms with Gasteiger partial charge < -0.3 is 4.90 Å². The summed E-state index contributed by atoms with van der Waals surface area (Å²) in [6.07, 6.45) is -1.97. The van der Waals surface area contributed by atoms with Gasteiger partial charge in [-0.1, -0.05) is 26.7 Å². The molecule has 0 aromatic heterocycles. The summed E-state index contributed by atoms with van der Waals surface area (Å²) in [7, 11) is 0. The Hall–Kier alpha value is -2.58. The van der Waals surface area contributed by atoms with E-state index >= 15 is 0 Å². The summed E-state index contributed by atoms with van der Waals surface area (Å²) in [6.45, 7) is 4.07. The Morgan fingerprint density at radius 3 is 2.43 bits per heavy atom. The molecule has 1 aromatic rings. The summed E-state index contributed by atoms with van der Waals surface area (Å²) in [5.74, 6) is -0.423. The largest absolute Gasteiger partial charge is 0.416 e. The molecule has 9 heteroatoms. The van der Waals surface area contributed by atoms with Crippen molar-refractivity contribution in [3.63, 3.8) is 0 Å². The highest BCUT2D eigenvalue weighted by Crippen LogP contribution is 2.36. The van der Waals surface area contributed by atoms with Gasteiger partial charge in [-0.2, -0.15) is 13.2 Å². The Balaban J connectivity index is 1.84. The highest BCUT2D eigenvalue weighted by Gasteiger charge is 2.52. The number of benzene rings is 1. The first-order chi connectivity index (χ1) is 13.2. The molecule has 0 bridgehead atoms. The maximum absolute atomic E-state index is 13.2. The molecule has 1 N–H and O–H groups in total. The molecule has 2 amide bonds. The Labute approximate surface area is 161 Å². The molecule has 1 aromatic carbocycles. The number of rotatable bonds is 5. The van der Waals surface area contributed by atoms with E-state index in [9.17, 15) is 22.8 Å². The van der Waals surface area contributed by atoms with Gasteiger partial charge in [-0.15, -0.1) is 0 Å². The SMILES string of the molecule is CCCCC1(CC)C(=O)NC2=NCN(c3ccc(C(F)(F)F)cc3)CN2C1=O. The number of guanidine groups is 1. The minimum Gasteiger partial charge on any atom is -0.334 e. The van der Waals surface area contributed by atoms with Crippen molar-refractivity contribution >= 4 is 23.5 Å². The third-order valence-electron chi connectivity index (χ3n) is 5.39. The van der Waals surface area contributed by atoms with Crippen LogP contribution in [0.15, 0.2) is 29.3 Å². The first kappa shape index (κ1) is 20.2. The molecule has 2 aliphatic heterocycles. The predicted octanol–water partition coefficient (Wildman–Crippen LogP) is 3.34. The molecule has 0 saturated carbocycles. The molecule has 152 valence electrons. The number of carbonyl (C=O) groups excluding carboxylic acids is 2. The van der Waals surface area contributed by atoms with E-state index in [-0.39, 0.29) is 31.1 Å². The highest BCUT2D eigenvalue weighted by atomic mass is 19.4. The zero-order valence-electron chi connectivity index (χ0n) is 15.8. The number of hydrogen-bond acceptors (Lipinski definition) is 4. The van der Waals surface area contributed by atoms with Crippen LogP contribution in [-0.2, 0) is 15.8 Å². The Kier molecular flexibility index (Phi) is 5.36. The molecule has 1 unspecified atom stereocenters. The van der Waals surface area contributed by atoms with Crippen molar-refractivity contribution in [2.75, 3.05) is 18.2 Å². The molecule has 6 nitrogen and oxygen atoms in total. The minimum atomic E-state index is -4.40. The zero-order chi connectivity index (χ0) is 20.5. The Bertz CT molecular complexity index is 791. The standard InChI is InChI=1S/C19H23F3N4O2/c1-3-5-10-18(4-2)15(27)24-17-23-11-25(12-26(17)16(18)28)14-8-6-13(7-9-14)19(20,21)22/h6-9H,3-5,10-12H2,1-2H3,(H,23,24,27). The molecule has 3 rings (SSSR count). The average Bonchev–Trinajstić information content (AvgIpc) is 2.68. The number of nitrogens with zero attached hydrogens (tertiary/aromatic N) is 3. The molecule has 2 heterocycles. The quantitative estimate of drug-likeness (QED) is 0.777. The van der Waals surface area contributed by atoms with Gasteiger partial charge in [0, 0.05) is 5.69 Å². The Morgan fingerprint density at radius 2 is 1.86 bits per heavy atom. The van der Waals surface area contributed by atoms with E-state index in [0.29, 0.717) is 18.5 Å². The molecular weight excluding hydrogens is 373 g/mol. The summed E-state index contributed by atoms with van der Waals surface area (Å²) in [5.41, 5.74) is -1.34. The van der Waals surface area contributed by atoms with E-state index in [1.165, 1.54) is 17.0 Å². The number of unbranched alkanes of at least 4 members (excludes halogenated alkanes) is 1. The second-order valence-electron chi connectivity index (χ2n) is 7.08. The summed E-state index contributed by atoms with van der Waals surface area (Å²) in [4.78, 5) is 33.2. The molecule has 1 fully saturated rings. The van der Waals surface area contributed by atoms with Gasteiger partial charge in [0.05, 0.1) is 5.56 Å². The number of alkyl halides is 3. The average molecular weight is 396 g/mol. The normalized spacial score (nSPS) is 22.7. The van der Waals surface area contributed by atoms with Crippen LogP contribution in [0.25, 0.3) is 0 Å². The lowest BCUT2D eigenvalue weighted by Crippen LogP contribution is -2.67. The first-order valence-electron chi connectivity index (χ1n) is 9.33. The third kappa shape index (κ3) is 3.45. The van der Waals surface area contributed by atoms with E-state index in [2.05, 4.69) is 10.3 Å². The summed E-state index contributed by atoms with van der Waals surface area (Å²) >= 11 is 0. The molecule has 0 radical (unpaired) electrons. The van der Waals surface area contributed by atoms with Crippen LogP contribution in [0.4, 0.5) is 18.9 Å². The number of halogens is 3. The maximum Gasteiger partial charge on any atom is 0.416 e. The Morgan fingerprint density at radius 1 is 1.18 bits per heavy atom. The van der Waals surface area contributed by atoms with Crippen LogP contribution in [0.1, 0.15) is 45.1 Å². The van der Waals surface area contributed by atoms with Gasteiger partial charge in [-0.05, 0) is 37.1 Å². The van der Waals surface area contributed by atoms with E-state index in [1.54, 1.807) is 4.90 Å². The number of hydrogen-bond donors (Lipinski definition) is 1. The summed E-state index contributed by atoms with van der Waals surface area (Å²) in [6, 6.07) is 4.74. The maximum atomic E-state index is 13.2. The van der Waals surface area contributed by atoms with E-state index in [4.69, 9.17) is 0 Å². The molecule has 28 heavy (non-hydrogen) atoms. The van der Waals surface area contributed by atoms with Gasteiger partial charge in [0.1, 0.15) is 18.8 Å². The van der Waals surface area contributed by atoms with Crippen LogP contribution in [0.5, 0.6) is 0 Å². The van der Waals surface area contributed by atoms with Crippen molar-refractivity contribution in [1.82, 2.24) is 10.2 Å². The smallest absolute Gasteiger partial charge is 0.334 e. The second kappa shape index (κ2) is 7.44. The lowest BCUT2D eigenvalue weighted by atomic mass is 9.76. The van der Waals surface area contributed by atoms with Gasteiger partial charge >= 0.3 is 6.18 Å². The fourth-order valence-corrected chi connectivity index (χ4v) is 3.58. The van der Waals surface area contributed by atoms with Gasteiger partial charge in [0.25, 0.3) is 0 Å². The van der Waals surface area contributed by atoms with Crippen molar-refractivity contribution < 1.29 is 22.8 Å². The van der Waals surface area contributed by atoms with E-state index in [0.717, 1.165) is 25.0 Å². The van der Waals surface area contributed by atoms with Crippen LogP contribution in [0.3, 0.4) is 0 Å². The fourth-order valence-electron chi connectivity index (χ4n) is 3.58. The van der Waals surface area contributed by atoms with Crippen LogP contribution < -0.4 is 10.2 Å². The molecule has 0 spiro atoms. The number of fused-ring (bicyclic) bond motifs is 1. The van der Waals surface area contributed by atoms with Gasteiger partial charge in [-0.25, -0.2) is 4.99 Å². The second-order valence-corrected chi connectivity index (χ2v) is 7.08. The number of nitrogens with one attached hydrogen (secondary N) is 1. The highest BCUT2D eigenvalue weighted by molar-refractivity contribution is 6.20. The lowest BCUT2D eigenvalue weighted by Gasteiger charge is -2.44. The zero-order valence-corrected chi connectivity index (χ0v) is 15.8. The summed E-state index contributed by atoms with van der Waals surface area (Å²) < 4.78 is 38.3. The van der Waals surface area contributed by atoms with E-state index in [1.807, 2.05) is 13.8 Å². The number of aliphatic imine (C=N–C) groups is 1. The van der Waals surface area contributed by atoms with Crippen molar-refractivity contribution in [3.8, 4) is 0 Å². The minimum absolute atomic E-state index is 0.122. The van der Waals surface area contributed by atoms with Crippen molar-refractivity contribution in [1.29, 1.82) is 0 Å². The van der Waals surface area contributed by atoms with Crippen LogP contribution in [0.2, 0.25) is 0 Å². The molecule has 1 atom stereocenters. The van der Waals surface area contributed by atoms with Crippen molar-refractivity contribution in [2.24, 2.45) is 10.4 Å². The summed E-state index contributed by atoms with van der Waals surface area (Å²) in [5, 5.41) is 2.74. The number of anilines is 1. The van der Waals surface area contributed by atoms with Crippen LogP contribution >= 0.6 is 0 Å². The van der Waals surface area contributed by atoms with Gasteiger partial charge in [0.15, 0.2) is 0 Å². The fraction of sp³-hybridized carbons (Fsp3) is 0.526. The van der Waals surface area contributed by atoms with Gasteiger partial charge in [0.2, 0.25) is 17.8 Å². The number of carbonyl (C=O) groups is 2.